The first-order valence-electron chi connectivity index (χ1n) is 8.06. The minimum atomic E-state index is -3.75. The molecule has 0 aliphatic carbocycles. The molecule has 1 aromatic heterocycles. The lowest BCUT2D eigenvalue weighted by Gasteiger charge is -2.10. The number of hydrogen-bond donors (Lipinski definition) is 2. The van der Waals surface area contributed by atoms with E-state index in [4.69, 9.17) is 4.74 Å². The lowest BCUT2D eigenvalue weighted by molar-refractivity contribution is 0.102. The highest BCUT2D eigenvalue weighted by Gasteiger charge is 2.18. The molecule has 7 nitrogen and oxygen atoms in total. The molecular weight excluding hydrogens is 386 g/mol. The molecule has 0 fully saturated rings. The summed E-state index contributed by atoms with van der Waals surface area (Å²) in [5.74, 6) is 0.0946. The molecule has 0 saturated carbocycles. The van der Waals surface area contributed by atoms with E-state index in [0.29, 0.717) is 18.0 Å². The molecule has 140 valence electrons. The van der Waals surface area contributed by atoms with Crippen LogP contribution in [0.3, 0.4) is 0 Å². The number of carbonyl (C=O) groups excluding carboxylic acids is 1. The number of nitrogens with zero attached hydrogens (tertiary/aromatic N) is 1. The summed E-state index contributed by atoms with van der Waals surface area (Å²) in [5.41, 5.74) is 0.626. The van der Waals surface area contributed by atoms with Gasteiger partial charge in [-0.15, -0.1) is 11.3 Å². The number of benzene rings is 2. The predicted octanol–water partition coefficient (Wildman–Crippen LogP) is 3.59. The first kappa shape index (κ1) is 18.9. The molecule has 0 aliphatic heterocycles. The van der Waals surface area contributed by atoms with Gasteiger partial charge in [-0.1, -0.05) is 30.3 Å². The quantitative estimate of drug-likeness (QED) is 0.628. The number of aromatic nitrogens is 1. The van der Waals surface area contributed by atoms with Gasteiger partial charge in [-0.2, -0.15) is 0 Å². The van der Waals surface area contributed by atoms with Crippen LogP contribution >= 0.6 is 11.3 Å². The number of rotatable bonds is 7. The monoisotopic (exact) mass is 403 g/mol. The maximum absolute atomic E-state index is 12.4. The van der Waals surface area contributed by atoms with Crippen LogP contribution in [0.2, 0.25) is 0 Å². The molecule has 1 heterocycles. The Bertz CT molecular complexity index is 1030. The summed E-state index contributed by atoms with van der Waals surface area (Å²) in [4.78, 5) is 16.6. The number of ether oxygens (including phenoxy) is 1. The smallest absolute Gasteiger partial charge is 0.275 e. The Hall–Kier alpha value is -2.91. The van der Waals surface area contributed by atoms with Gasteiger partial charge < -0.3 is 10.1 Å². The fourth-order valence-corrected chi connectivity index (χ4v) is 4.20. The molecule has 0 aliphatic rings. The van der Waals surface area contributed by atoms with Crippen LogP contribution in [0, 0.1) is 0 Å². The lowest BCUT2D eigenvalue weighted by atomic mass is 10.3. The molecule has 0 bridgehead atoms. The Balaban J connectivity index is 1.73. The highest BCUT2D eigenvalue weighted by Crippen LogP contribution is 2.25. The molecule has 1 amide bonds. The van der Waals surface area contributed by atoms with Crippen molar-refractivity contribution in [3.8, 4) is 5.75 Å². The first-order chi connectivity index (χ1) is 13.0. The minimum Gasteiger partial charge on any atom is -0.492 e. The van der Waals surface area contributed by atoms with Crippen molar-refractivity contribution in [2.75, 3.05) is 16.6 Å². The number of amides is 1. The second-order valence-corrected chi connectivity index (χ2v) is 7.88. The van der Waals surface area contributed by atoms with Crippen molar-refractivity contribution in [3.63, 3.8) is 0 Å². The average molecular weight is 403 g/mol. The van der Waals surface area contributed by atoms with Gasteiger partial charge in [0.25, 0.3) is 15.9 Å². The molecule has 0 radical (unpaired) electrons. The average Bonchev–Trinajstić information content (AvgIpc) is 3.12. The summed E-state index contributed by atoms with van der Waals surface area (Å²) < 4.78 is 32.5. The minimum absolute atomic E-state index is 0.108. The molecule has 0 saturated heterocycles. The fourth-order valence-electron chi connectivity index (χ4n) is 2.24. The van der Waals surface area contributed by atoms with Gasteiger partial charge >= 0.3 is 0 Å². The topological polar surface area (TPSA) is 97.4 Å². The van der Waals surface area contributed by atoms with Crippen molar-refractivity contribution < 1.29 is 17.9 Å². The number of para-hydroxylation sites is 2. The maximum Gasteiger partial charge on any atom is 0.275 e. The number of nitrogens with one attached hydrogen (secondary N) is 2. The number of sulfonamides is 1. The number of anilines is 2. The summed E-state index contributed by atoms with van der Waals surface area (Å²) in [5, 5.41) is 4.32. The van der Waals surface area contributed by atoms with Crippen LogP contribution in [-0.2, 0) is 10.0 Å². The van der Waals surface area contributed by atoms with E-state index in [0.717, 1.165) is 11.3 Å². The summed E-state index contributed by atoms with van der Waals surface area (Å²) in [6.45, 7) is 2.32. The first-order valence-corrected chi connectivity index (χ1v) is 10.4. The zero-order valence-electron chi connectivity index (χ0n) is 14.4. The van der Waals surface area contributed by atoms with Gasteiger partial charge in [0.1, 0.15) is 11.4 Å². The van der Waals surface area contributed by atoms with Crippen LogP contribution in [0.5, 0.6) is 5.75 Å². The highest BCUT2D eigenvalue weighted by atomic mass is 32.2. The standard InChI is InChI=1S/C18H17N3O4S2/c1-2-25-16-11-7-6-10-14(16)19-17(22)15-12-26-18(20-15)21-27(23,24)13-8-4-3-5-9-13/h3-12H,2H2,1H3,(H,19,22)(H,20,21). The van der Waals surface area contributed by atoms with Gasteiger partial charge in [-0.3, -0.25) is 9.52 Å². The van der Waals surface area contributed by atoms with Crippen LogP contribution < -0.4 is 14.8 Å². The summed E-state index contributed by atoms with van der Waals surface area (Å²) in [7, 11) is -3.75. The van der Waals surface area contributed by atoms with Gasteiger partial charge in [0, 0.05) is 5.38 Å². The molecule has 3 rings (SSSR count). The molecule has 9 heteroatoms. The van der Waals surface area contributed by atoms with E-state index in [-0.39, 0.29) is 15.7 Å². The van der Waals surface area contributed by atoms with Crippen molar-refractivity contribution in [1.82, 2.24) is 4.98 Å². The second-order valence-electron chi connectivity index (χ2n) is 5.34. The molecule has 2 aromatic carbocycles. The Labute approximate surface area is 161 Å². The van der Waals surface area contributed by atoms with Crippen LogP contribution in [0.25, 0.3) is 0 Å². The van der Waals surface area contributed by atoms with Crippen LogP contribution in [0.1, 0.15) is 17.4 Å². The van der Waals surface area contributed by atoms with Crippen molar-refractivity contribution in [1.29, 1.82) is 0 Å². The summed E-state index contributed by atoms with van der Waals surface area (Å²) in [6, 6.07) is 15.0. The highest BCUT2D eigenvalue weighted by molar-refractivity contribution is 7.93. The Morgan fingerprint density at radius 1 is 1.11 bits per heavy atom. The van der Waals surface area contributed by atoms with Crippen LogP contribution in [0.4, 0.5) is 10.8 Å². The van der Waals surface area contributed by atoms with Crippen molar-refractivity contribution in [2.45, 2.75) is 11.8 Å². The predicted molar refractivity (Wildman–Crippen MR) is 105 cm³/mol. The van der Waals surface area contributed by atoms with E-state index in [9.17, 15) is 13.2 Å². The molecule has 0 unspecified atom stereocenters. The third-order valence-corrected chi connectivity index (χ3v) is 5.69. The number of carbonyl (C=O) groups is 1. The Morgan fingerprint density at radius 2 is 1.81 bits per heavy atom. The van der Waals surface area contributed by atoms with Crippen molar-refractivity contribution >= 4 is 38.1 Å². The van der Waals surface area contributed by atoms with Gasteiger partial charge in [-0.05, 0) is 31.2 Å². The SMILES string of the molecule is CCOc1ccccc1NC(=O)c1csc(NS(=O)(=O)c2ccccc2)n1. The van der Waals surface area contributed by atoms with E-state index in [1.54, 1.807) is 42.5 Å². The molecule has 3 aromatic rings. The van der Waals surface area contributed by atoms with E-state index >= 15 is 0 Å². The zero-order valence-corrected chi connectivity index (χ0v) is 16.0. The van der Waals surface area contributed by atoms with Gasteiger partial charge in [0.15, 0.2) is 5.13 Å². The number of hydrogen-bond acceptors (Lipinski definition) is 6. The van der Waals surface area contributed by atoms with E-state index < -0.39 is 15.9 Å². The van der Waals surface area contributed by atoms with Crippen molar-refractivity contribution in [2.24, 2.45) is 0 Å². The molecule has 0 atom stereocenters. The van der Waals surface area contributed by atoms with Gasteiger partial charge in [-0.25, -0.2) is 13.4 Å². The summed E-state index contributed by atoms with van der Waals surface area (Å²) in [6.07, 6.45) is 0. The van der Waals surface area contributed by atoms with Crippen LogP contribution in [-0.4, -0.2) is 25.9 Å². The largest absolute Gasteiger partial charge is 0.492 e. The lowest BCUT2D eigenvalue weighted by Crippen LogP contribution is -2.15. The van der Waals surface area contributed by atoms with Gasteiger partial charge in [0.05, 0.1) is 17.2 Å². The van der Waals surface area contributed by atoms with Crippen LogP contribution in [0.15, 0.2) is 64.9 Å². The molecule has 27 heavy (non-hydrogen) atoms. The van der Waals surface area contributed by atoms with E-state index in [2.05, 4.69) is 15.0 Å². The Morgan fingerprint density at radius 3 is 2.56 bits per heavy atom. The normalized spacial score (nSPS) is 11.0. The zero-order chi connectivity index (χ0) is 19.3. The Kier molecular flexibility index (Phi) is 5.72. The summed E-state index contributed by atoms with van der Waals surface area (Å²) >= 11 is 1.03. The van der Waals surface area contributed by atoms with E-state index in [1.165, 1.54) is 17.5 Å². The van der Waals surface area contributed by atoms with Crippen molar-refractivity contribution in [3.05, 3.63) is 65.7 Å². The second kappa shape index (κ2) is 8.19. The third kappa shape index (κ3) is 4.63. The molecule has 2 N–H and O–H groups in total. The van der Waals surface area contributed by atoms with Gasteiger partial charge in [0.2, 0.25) is 0 Å². The molecule has 0 spiro atoms. The van der Waals surface area contributed by atoms with E-state index in [1.807, 2.05) is 6.92 Å². The third-order valence-electron chi connectivity index (χ3n) is 3.45. The fraction of sp³-hybridized carbons (Fsp3) is 0.111. The molecular formula is C18H17N3O4S2. The maximum atomic E-state index is 12.4. The number of thiazole rings is 1.